The minimum absolute atomic E-state index is 0.101. The maximum atomic E-state index is 12.3. The second-order valence-electron chi connectivity index (χ2n) is 6.35. The highest BCUT2D eigenvalue weighted by atomic mass is 32.1. The number of carbonyl (C=O) groups is 1. The molecule has 0 atom stereocenters. The van der Waals surface area contributed by atoms with Crippen LogP contribution in [0.25, 0.3) is 0 Å². The number of nitro benzene ring substituents is 1. The Kier molecular flexibility index (Phi) is 4.60. The van der Waals surface area contributed by atoms with E-state index >= 15 is 0 Å². The summed E-state index contributed by atoms with van der Waals surface area (Å²) < 4.78 is 0. The van der Waals surface area contributed by atoms with E-state index in [1.807, 2.05) is 35.6 Å². The van der Waals surface area contributed by atoms with E-state index in [-0.39, 0.29) is 17.2 Å². The van der Waals surface area contributed by atoms with Crippen molar-refractivity contribution in [2.45, 2.75) is 13.0 Å². The van der Waals surface area contributed by atoms with Crippen molar-refractivity contribution in [2.75, 3.05) is 16.8 Å². The van der Waals surface area contributed by atoms with Crippen LogP contribution in [0.4, 0.5) is 17.1 Å². The molecule has 1 amide bonds. The first kappa shape index (κ1) is 17.2. The monoisotopic (exact) mass is 379 g/mol. The van der Waals surface area contributed by atoms with Gasteiger partial charge in [-0.05, 0) is 53.8 Å². The first-order valence-corrected chi connectivity index (χ1v) is 9.44. The van der Waals surface area contributed by atoms with Gasteiger partial charge in [-0.15, -0.1) is 11.3 Å². The predicted octanol–water partition coefficient (Wildman–Crippen LogP) is 4.47. The molecule has 0 bridgehead atoms. The second kappa shape index (κ2) is 7.20. The molecule has 0 radical (unpaired) electrons. The maximum Gasteiger partial charge on any atom is 0.270 e. The van der Waals surface area contributed by atoms with Crippen LogP contribution in [0.5, 0.6) is 0 Å². The number of rotatable bonds is 4. The van der Waals surface area contributed by atoms with Gasteiger partial charge in [-0.25, -0.2) is 0 Å². The van der Waals surface area contributed by atoms with Gasteiger partial charge in [0.05, 0.1) is 4.92 Å². The first-order valence-electron chi connectivity index (χ1n) is 8.56. The Balaban J connectivity index is 1.44. The van der Waals surface area contributed by atoms with Crippen molar-refractivity contribution in [3.63, 3.8) is 0 Å². The zero-order chi connectivity index (χ0) is 18.8. The van der Waals surface area contributed by atoms with E-state index in [1.54, 1.807) is 6.07 Å². The lowest BCUT2D eigenvalue weighted by molar-refractivity contribution is -0.384. The standard InChI is InChI=1S/C20H17N3O3S/c24-20(14-2-1-3-18(12-14)23(25)26)21-16-4-6-17(7-5-16)22-10-8-19-15(13-22)9-11-27-19/h1-7,9,11-12H,8,10,13H2,(H,21,24). The molecule has 7 heteroatoms. The van der Waals surface area contributed by atoms with Crippen molar-refractivity contribution >= 4 is 34.3 Å². The Labute approximate surface area is 160 Å². The number of hydrogen-bond donors (Lipinski definition) is 1. The van der Waals surface area contributed by atoms with Crippen molar-refractivity contribution in [3.8, 4) is 0 Å². The highest BCUT2D eigenvalue weighted by molar-refractivity contribution is 7.10. The third-order valence-corrected chi connectivity index (χ3v) is 5.64. The molecule has 0 fully saturated rings. The minimum Gasteiger partial charge on any atom is -0.367 e. The maximum absolute atomic E-state index is 12.3. The van der Waals surface area contributed by atoms with E-state index < -0.39 is 4.92 Å². The Hall–Kier alpha value is -3.19. The van der Waals surface area contributed by atoms with Crippen molar-refractivity contribution < 1.29 is 9.72 Å². The molecule has 136 valence electrons. The molecule has 1 aliphatic heterocycles. The van der Waals surface area contributed by atoms with Gasteiger partial charge in [-0.2, -0.15) is 0 Å². The number of hydrogen-bond acceptors (Lipinski definition) is 5. The van der Waals surface area contributed by atoms with Crippen LogP contribution >= 0.6 is 11.3 Å². The van der Waals surface area contributed by atoms with Gasteiger partial charge in [0.1, 0.15) is 0 Å². The number of nitro groups is 1. The van der Waals surface area contributed by atoms with E-state index in [0.717, 1.165) is 25.2 Å². The summed E-state index contributed by atoms with van der Waals surface area (Å²) in [4.78, 5) is 26.5. The molecule has 0 spiro atoms. The first-order chi connectivity index (χ1) is 13.1. The molecule has 0 unspecified atom stereocenters. The second-order valence-corrected chi connectivity index (χ2v) is 7.35. The number of benzene rings is 2. The quantitative estimate of drug-likeness (QED) is 0.536. The Bertz CT molecular complexity index is 998. The molecule has 1 N–H and O–H groups in total. The number of fused-ring (bicyclic) bond motifs is 1. The Morgan fingerprint density at radius 1 is 1.15 bits per heavy atom. The van der Waals surface area contributed by atoms with Gasteiger partial charge >= 0.3 is 0 Å². The lowest BCUT2D eigenvalue weighted by Crippen LogP contribution is -2.29. The fraction of sp³-hybridized carbons (Fsp3) is 0.150. The molecule has 3 aromatic rings. The third kappa shape index (κ3) is 3.68. The summed E-state index contributed by atoms with van der Waals surface area (Å²) in [6.07, 6.45) is 1.05. The van der Waals surface area contributed by atoms with Crippen molar-refractivity contribution in [1.29, 1.82) is 0 Å². The summed E-state index contributed by atoms with van der Waals surface area (Å²) in [6, 6.07) is 15.6. The number of amides is 1. The fourth-order valence-electron chi connectivity index (χ4n) is 3.19. The van der Waals surface area contributed by atoms with Crippen LogP contribution < -0.4 is 10.2 Å². The highest BCUT2D eigenvalue weighted by Crippen LogP contribution is 2.28. The highest BCUT2D eigenvalue weighted by Gasteiger charge is 2.17. The summed E-state index contributed by atoms with van der Waals surface area (Å²) in [5.74, 6) is -0.368. The topological polar surface area (TPSA) is 75.5 Å². The molecule has 27 heavy (non-hydrogen) atoms. The molecule has 2 heterocycles. The molecule has 0 saturated heterocycles. The van der Waals surface area contributed by atoms with Crippen LogP contribution in [-0.4, -0.2) is 17.4 Å². The molecule has 2 aromatic carbocycles. The Morgan fingerprint density at radius 3 is 2.74 bits per heavy atom. The molecule has 1 aliphatic rings. The largest absolute Gasteiger partial charge is 0.367 e. The number of nitrogens with one attached hydrogen (secondary N) is 1. The van der Waals surface area contributed by atoms with Crippen LogP contribution in [-0.2, 0) is 13.0 Å². The van der Waals surface area contributed by atoms with Crippen LogP contribution in [0.1, 0.15) is 20.8 Å². The van der Waals surface area contributed by atoms with Gasteiger partial charge in [0, 0.05) is 47.0 Å². The van der Waals surface area contributed by atoms with E-state index in [9.17, 15) is 14.9 Å². The molecule has 0 aliphatic carbocycles. The van der Waals surface area contributed by atoms with Gasteiger partial charge in [-0.1, -0.05) is 6.07 Å². The normalized spacial score (nSPS) is 13.1. The number of thiophene rings is 1. The van der Waals surface area contributed by atoms with E-state index in [2.05, 4.69) is 21.7 Å². The predicted molar refractivity (Wildman–Crippen MR) is 107 cm³/mol. The van der Waals surface area contributed by atoms with E-state index in [0.29, 0.717) is 5.69 Å². The van der Waals surface area contributed by atoms with Gasteiger partial charge in [0.2, 0.25) is 0 Å². The zero-order valence-corrected chi connectivity index (χ0v) is 15.2. The minimum atomic E-state index is -0.511. The SMILES string of the molecule is O=C(Nc1ccc(N2CCc3sccc3C2)cc1)c1cccc([N+](=O)[O-])c1. The van der Waals surface area contributed by atoms with Gasteiger partial charge in [-0.3, -0.25) is 14.9 Å². The molecule has 4 rings (SSSR count). The zero-order valence-electron chi connectivity index (χ0n) is 14.4. The molecular formula is C20H17N3O3S. The van der Waals surface area contributed by atoms with Crippen molar-refractivity contribution in [3.05, 3.63) is 86.1 Å². The van der Waals surface area contributed by atoms with Crippen LogP contribution in [0, 0.1) is 10.1 Å². The van der Waals surface area contributed by atoms with E-state index in [4.69, 9.17) is 0 Å². The molecule has 6 nitrogen and oxygen atoms in total. The molecule has 0 saturated carbocycles. The summed E-state index contributed by atoms with van der Waals surface area (Å²) in [6.45, 7) is 1.88. The van der Waals surface area contributed by atoms with Gasteiger partial charge in [0.25, 0.3) is 11.6 Å². The average molecular weight is 379 g/mol. The number of carbonyl (C=O) groups excluding carboxylic acids is 1. The van der Waals surface area contributed by atoms with Crippen LogP contribution in [0.3, 0.4) is 0 Å². The summed E-state index contributed by atoms with van der Waals surface area (Å²) in [5.41, 5.74) is 3.31. The van der Waals surface area contributed by atoms with Gasteiger partial charge < -0.3 is 10.2 Å². The number of nitrogens with zero attached hydrogens (tertiary/aromatic N) is 2. The Morgan fingerprint density at radius 2 is 1.96 bits per heavy atom. The van der Waals surface area contributed by atoms with Crippen LogP contribution in [0.2, 0.25) is 0 Å². The fourth-order valence-corrected chi connectivity index (χ4v) is 4.08. The third-order valence-electron chi connectivity index (χ3n) is 4.62. The molecular weight excluding hydrogens is 362 g/mol. The summed E-state index contributed by atoms with van der Waals surface area (Å²) in [7, 11) is 0. The lowest BCUT2D eigenvalue weighted by Gasteiger charge is -2.29. The van der Waals surface area contributed by atoms with Crippen molar-refractivity contribution in [2.24, 2.45) is 0 Å². The number of non-ortho nitro benzene ring substituents is 1. The van der Waals surface area contributed by atoms with E-state index in [1.165, 1.54) is 28.6 Å². The summed E-state index contributed by atoms with van der Waals surface area (Å²) in [5, 5.41) is 15.8. The molecule has 1 aromatic heterocycles. The number of anilines is 2. The van der Waals surface area contributed by atoms with Gasteiger partial charge in [0.15, 0.2) is 0 Å². The lowest BCUT2D eigenvalue weighted by atomic mass is 10.1. The smallest absolute Gasteiger partial charge is 0.270 e. The summed E-state index contributed by atoms with van der Waals surface area (Å²) >= 11 is 1.82. The average Bonchev–Trinajstić information content (AvgIpc) is 3.16. The van der Waals surface area contributed by atoms with Crippen LogP contribution in [0.15, 0.2) is 60.0 Å². The van der Waals surface area contributed by atoms with Crippen molar-refractivity contribution in [1.82, 2.24) is 0 Å².